The van der Waals surface area contributed by atoms with Crippen LogP contribution in [0, 0.1) is 10.8 Å². The van der Waals surface area contributed by atoms with E-state index in [-0.39, 0.29) is 11.0 Å². The lowest BCUT2D eigenvalue weighted by atomic mass is 9.69. The van der Waals surface area contributed by atoms with Crippen molar-refractivity contribution in [3.63, 3.8) is 0 Å². The van der Waals surface area contributed by atoms with Gasteiger partial charge in [-0.15, -0.1) is 0 Å². The molecule has 0 saturated carbocycles. The molecular formula is C16H35NO. The Morgan fingerprint density at radius 1 is 0.889 bits per heavy atom. The molecule has 0 aromatic carbocycles. The van der Waals surface area contributed by atoms with Crippen LogP contribution in [0.3, 0.4) is 0 Å². The predicted octanol–water partition coefficient (Wildman–Crippen LogP) is 4.20. The number of nitrogens with zero attached hydrogens (tertiary/aromatic N) is 1. The van der Waals surface area contributed by atoms with Gasteiger partial charge in [0.25, 0.3) is 0 Å². The lowest BCUT2D eigenvalue weighted by molar-refractivity contribution is -0.126. The fourth-order valence-corrected chi connectivity index (χ4v) is 2.22. The third-order valence-electron chi connectivity index (χ3n) is 3.62. The van der Waals surface area contributed by atoms with Crippen molar-refractivity contribution >= 4 is 0 Å². The quantitative estimate of drug-likeness (QED) is 0.661. The first-order chi connectivity index (χ1) is 7.87. The van der Waals surface area contributed by atoms with Gasteiger partial charge in [0.2, 0.25) is 0 Å². The summed E-state index contributed by atoms with van der Waals surface area (Å²) in [5.74, 6) is 0. The summed E-state index contributed by atoms with van der Waals surface area (Å²) >= 11 is 0. The summed E-state index contributed by atoms with van der Waals surface area (Å²) in [4.78, 5) is 2.21. The average Bonchev–Trinajstić information content (AvgIpc) is 2.07. The third kappa shape index (κ3) is 6.75. The van der Waals surface area contributed by atoms with Crippen LogP contribution in [-0.2, 0) is 4.74 Å². The average molecular weight is 257 g/mol. The fourth-order valence-electron chi connectivity index (χ4n) is 2.22. The molecule has 0 aliphatic rings. The van der Waals surface area contributed by atoms with Gasteiger partial charge in [-0.25, -0.2) is 0 Å². The molecular weight excluding hydrogens is 222 g/mol. The van der Waals surface area contributed by atoms with Crippen molar-refractivity contribution in [3.8, 4) is 0 Å². The molecule has 0 rings (SSSR count). The highest BCUT2D eigenvalue weighted by molar-refractivity contribution is 4.91. The molecule has 0 bridgehead atoms. The van der Waals surface area contributed by atoms with Crippen LogP contribution in [-0.4, -0.2) is 37.7 Å². The lowest BCUT2D eigenvalue weighted by Crippen LogP contribution is -2.45. The Morgan fingerprint density at radius 3 is 1.72 bits per heavy atom. The Morgan fingerprint density at radius 2 is 1.39 bits per heavy atom. The highest BCUT2D eigenvalue weighted by Crippen LogP contribution is 2.42. The summed E-state index contributed by atoms with van der Waals surface area (Å²) < 4.78 is 6.29. The van der Waals surface area contributed by atoms with Crippen molar-refractivity contribution < 1.29 is 4.74 Å². The van der Waals surface area contributed by atoms with Gasteiger partial charge < -0.3 is 9.64 Å². The van der Waals surface area contributed by atoms with Crippen LogP contribution in [0.5, 0.6) is 0 Å². The van der Waals surface area contributed by atoms with Crippen molar-refractivity contribution in [2.45, 2.75) is 66.9 Å². The van der Waals surface area contributed by atoms with Gasteiger partial charge in [-0.1, -0.05) is 41.5 Å². The smallest absolute Gasteiger partial charge is 0.0707 e. The van der Waals surface area contributed by atoms with Crippen LogP contribution in [0.2, 0.25) is 0 Å². The van der Waals surface area contributed by atoms with E-state index in [0.717, 1.165) is 26.0 Å². The number of hydrogen-bond acceptors (Lipinski definition) is 2. The summed E-state index contributed by atoms with van der Waals surface area (Å²) in [5.41, 5.74) is 0.402. The van der Waals surface area contributed by atoms with Crippen LogP contribution in [0.4, 0.5) is 0 Å². The first kappa shape index (κ1) is 17.9. The molecule has 18 heavy (non-hydrogen) atoms. The van der Waals surface area contributed by atoms with E-state index in [1.165, 1.54) is 0 Å². The molecule has 0 fully saturated rings. The van der Waals surface area contributed by atoms with Gasteiger partial charge in [0, 0.05) is 6.61 Å². The van der Waals surface area contributed by atoms with Crippen molar-refractivity contribution in [2.75, 3.05) is 27.2 Å². The molecule has 2 heteroatoms. The van der Waals surface area contributed by atoms with Crippen molar-refractivity contribution in [2.24, 2.45) is 10.8 Å². The van der Waals surface area contributed by atoms with Crippen LogP contribution >= 0.6 is 0 Å². The molecule has 0 amide bonds. The second-order valence-corrected chi connectivity index (χ2v) is 8.22. The standard InChI is InChI=1S/C16H35NO/c1-14(2,3)13-16(7,15(4,5)6)18-12-10-11-17(8)9/h10-13H2,1-9H3. The number of hydrogen-bond donors (Lipinski definition) is 0. The summed E-state index contributed by atoms with van der Waals surface area (Å²) in [6.07, 6.45) is 2.19. The Labute approximate surface area is 115 Å². The molecule has 0 aliphatic carbocycles. The van der Waals surface area contributed by atoms with E-state index in [1.807, 2.05) is 0 Å². The van der Waals surface area contributed by atoms with Crippen LogP contribution in [0.15, 0.2) is 0 Å². The van der Waals surface area contributed by atoms with Gasteiger partial charge in [-0.3, -0.25) is 0 Å². The summed E-state index contributed by atoms with van der Waals surface area (Å²) in [7, 11) is 4.22. The van der Waals surface area contributed by atoms with E-state index in [2.05, 4.69) is 67.5 Å². The van der Waals surface area contributed by atoms with E-state index in [9.17, 15) is 0 Å². The van der Waals surface area contributed by atoms with E-state index < -0.39 is 0 Å². The predicted molar refractivity (Wildman–Crippen MR) is 81.1 cm³/mol. The zero-order valence-corrected chi connectivity index (χ0v) is 14.2. The van der Waals surface area contributed by atoms with Gasteiger partial charge in [-0.05, 0) is 51.2 Å². The second kappa shape index (κ2) is 6.38. The molecule has 0 aromatic rings. The molecule has 1 unspecified atom stereocenters. The molecule has 0 N–H and O–H groups in total. The van der Waals surface area contributed by atoms with E-state index in [4.69, 9.17) is 4.74 Å². The van der Waals surface area contributed by atoms with Crippen molar-refractivity contribution in [3.05, 3.63) is 0 Å². The second-order valence-electron chi connectivity index (χ2n) is 8.22. The van der Waals surface area contributed by atoms with Gasteiger partial charge in [0.15, 0.2) is 0 Å². The molecule has 1 atom stereocenters. The molecule has 0 radical (unpaired) electrons. The highest BCUT2D eigenvalue weighted by atomic mass is 16.5. The molecule has 0 aliphatic heterocycles. The number of rotatable bonds is 6. The summed E-state index contributed by atoms with van der Waals surface area (Å²) in [5, 5.41) is 0. The Kier molecular flexibility index (Phi) is 6.35. The minimum absolute atomic E-state index is 0.0580. The largest absolute Gasteiger partial charge is 0.375 e. The monoisotopic (exact) mass is 257 g/mol. The minimum atomic E-state index is -0.0580. The first-order valence-corrected chi connectivity index (χ1v) is 7.16. The Hall–Kier alpha value is -0.0800. The van der Waals surface area contributed by atoms with Gasteiger partial charge >= 0.3 is 0 Å². The summed E-state index contributed by atoms with van der Waals surface area (Å²) in [6.45, 7) is 17.9. The normalized spacial score (nSPS) is 17.0. The number of ether oxygens (including phenoxy) is 1. The molecule has 0 heterocycles. The molecule has 2 nitrogen and oxygen atoms in total. The maximum atomic E-state index is 6.29. The van der Waals surface area contributed by atoms with Gasteiger partial charge in [-0.2, -0.15) is 0 Å². The molecule has 0 spiro atoms. The zero-order chi connectivity index (χ0) is 14.6. The topological polar surface area (TPSA) is 12.5 Å². The Bertz CT molecular complexity index is 234. The SMILES string of the molecule is CN(C)CCCOC(C)(CC(C)(C)C)C(C)(C)C. The van der Waals surface area contributed by atoms with E-state index >= 15 is 0 Å². The molecule has 110 valence electrons. The fraction of sp³-hybridized carbons (Fsp3) is 1.00. The Balaban J connectivity index is 4.51. The minimum Gasteiger partial charge on any atom is -0.375 e. The maximum Gasteiger partial charge on any atom is 0.0707 e. The van der Waals surface area contributed by atoms with Crippen molar-refractivity contribution in [1.82, 2.24) is 4.90 Å². The summed E-state index contributed by atoms with van der Waals surface area (Å²) in [6, 6.07) is 0. The van der Waals surface area contributed by atoms with Crippen LogP contribution in [0.1, 0.15) is 61.3 Å². The van der Waals surface area contributed by atoms with Crippen LogP contribution < -0.4 is 0 Å². The van der Waals surface area contributed by atoms with Gasteiger partial charge in [0.05, 0.1) is 5.60 Å². The van der Waals surface area contributed by atoms with E-state index in [0.29, 0.717) is 5.41 Å². The van der Waals surface area contributed by atoms with Crippen LogP contribution in [0.25, 0.3) is 0 Å². The van der Waals surface area contributed by atoms with Crippen molar-refractivity contribution in [1.29, 1.82) is 0 Å². The molecule has 0 saturated heterocycles. The van der Waals surface area contributed by atoms with E-state index in [1.54, 1.807) is 0 Å². The first-order valence-electron chi connectivity index (χ1n) is 7.16. The van der Waals surface area contributed by atoms with Gasteiger partial charge in [0.1, 0.15) is 0 Å². The zero-order valence-electron chi connectivity index (χ0n) is 14.2. The highest BCUT2D eigenvalue weighted by Gasteiger charge is 2.41. The molecule has 0 aromatic heterocycles. The maximum absolute atomic E-state index is 6.29. The lowest BCUT2D eigenvalue weighted by Gasteiger charge is -2.45. The third-order valence-corrected chi connectivity index (χ3v) is 3.62.